The molecule has 1 aromatic carbocycles. The summed E-state index contributed by atoms with van der Waals surface area (Å²) in [4.78, 5) is 13.5. The molecule has 1 atom stereocenters. The number of hydrogen-bond acceptors (Lipinski definition) is 2. The first-order valence-electron chi connectivity index (χ1n) is 6.40. The van der Waals surface area contributed by atoms with Gasteiger partial charge in [-0.25, -0.2) is 8.78 Å². The molecule has 5 heteroatoms. The van der Waals surface area contributed by atoms with Crippen LogP contribution in [0.5, 0.6) is 0 Å². The molecule has 1 heterocycles. The normalized spacial score (nSPS) is 16.8. The third-order valence-electron chi connectivity index (χ3n) is 3.71. The molecule has 1 aromatic rings. The number of amides is 1. The van der Waals surface area contributed by atoms with Crippen LogP contribution in [0.4, 0.5) is 8.78 Å². The second-order valence-corrected chi connectivity index (χ2v) is 5.07. The van der Waals surface area contributed by atoms with Gasteiger partial charge in [-0.2, -0.15) is 0 Å². The van der Waals surface area contributed by atoms with Gasteiger partial charge in [0.2, 0.25) is 5.91 Å². The molecule has 0 bridgehead atoms. The zero-order valence-electron chi connectivity index (χ0n) is 11.1. The lowest BCUT2D eigenvalue weighted by molar-refractivity contribution is -0.133. The molecule has 2 rings (SSSR count). The maximum absolute atomic E-state index is 13.7. The molecular formula is C14H18F2N2O. The summed E-state index contributed by atoms with van der Waals surface area (Å²) in [6.45, 7) is 3.40. The van der Waals surface area contributed by atoms with Gasteiger partial charge >= 0.3 is 0 Å². The van der Waals surface area contributed by atoms with Crippen LogP contribution < -0.4 is 5.32 Å². The van der Waals surface area contributed by atoms with Crippen molar-refractivity contribution in [3.63, 3.8) is 0 Å². The fourth-order valence-electron chi connectivity index (χ4n) is 2.14. The van der Waals surface area contributed by atoms with Crippen LogP contribution in [0, 0.1) is 17.6 Å². The van der Waals surface area contributed by atoms with Crippen LogP contribution in [0.2, 0.25) is 0 Å². The van der Waals surface area contributed by atoms with E-state index in [4.69, 9.17) is 0 Å². The Morgan fingerprint density at radius 3 is 2.74 bits per heavy atom. The summed E-state index contributed by atoms with van der Waals surface area (Å²) in [7, 11) is 1.63. The second-order valence-electron chi connectivity index (χ2n) is 5.07. The highest BCUT2D eigenvalue weighted by Crippen LogP contribution is 2.24. The number of carbonyl (C=O) groups excluding carboxylic acids is 1. The zero-order valence-corrected chi connectivity index (χ0v) is 11.1. The van der Waals surface area contributed by atoms with E-state index >= 15 is 0 Å². The summed E-state index contributed by atoms with van der Waals surface area (Å²) in [6, 6.07) is 2.84. The molecule has 104 valence electrons. The molecule has 1 fully saturated rings. The Hall–Kier alpha value is -1.49. The second kappa shape index (κ2) is 5.65. The number of nitrogens with one attached hydrogen (secondary N) is 1. The molecule has 1 unspecified atom stereocenters. The van der Waals surface area contributed by atoms with Gasteiger partial charge in [-0.05, 0) is 44.1 Å². The predicted molar refractivity (Wildman–Crippen MR) is 68.5 cm³/mol. The van der Waals surface area contributed by atoms with Crippen LogP contribution in [0.3, 0.4) is 0 Å². The Morgan fingerprint density at radius 1 is 1.47 bits per heavy atom. The highest BCUT2D eigenvalue weighted by atomic mass is 19.1. The predicted octanol–water partition coefficient (Wildman–Crippen LogP) is 2.09. The largest absolute Gasteiger partial charge is 0.339 e. The van der Waals surface area contributed by atoms with Gasteiger partial charge in [0.05, 0.1) is 6.04 Å². The van der Waals surface area contributed by atoms with Crippen LogP contribution in [0.25, 0.3) is 0 Å². The van der Waals surface area contributed by atoms with Gasteiger partial charge in [0, 0.05) is 19.0 Å². The van der Waals surface area contributed by atoms with Gasteiger partial charge in [0.15, 0.2) is 0 Å². The first-order valence-corrected chi connectivity index (χ1v) is 6.40. The van der Waals surface area contributed by atoms with E-state index in [-0.39, 0.29) is 11.5 Å². The summed E-state index contributed by atoms with van der Waals surface area (Å²) >= 11 is 0. The third kappa shape index (κ3) is 3.10. The van der Waals surface area contributed by atoms with Crippen LogP contribution in [-0.2, 0) is 4.79 Å². The lowest BCUT2D eigenvalue weighted by Gasteiger charge is -2.31. The number of benzene rings is 1. The van der Waals surface area contributed by atoms with Gasteiger partial charge in [-0.1, -0.05) is 0 Å². The van der Waals surface area contributed by atoms with Crippen molar-refractivity contribution in [1.29, 1.82) is 0 Å². The van der Waals surface area contributed by atoms with E-state index in [1.807, 2.05) is 0 Å². The molecule has 0 radical (unpaired) electrons. The standard InChI is InChI=1S/C14H18F2N2O/c1-9(12-6-11(15)3-4-13(12)16)18(2)14(19)5-10-7-17-8-10/h3-4,6,9-10,17H,5,7-8H2,1-2H3. The van der Waals surface area contributed by atoms with Gasteiger partial charge in [-0.3, -0.25) is 4.79 Å². The van der Waals surface area contributed by atoms with E-state index in [9.17, 15) is 13.6 Å². The first kappa shape index (κ1) is 13.9. The lowest BCUT2D eigenvalue weighted by atomic mass is 9.98. The molecular weight excluding hydrogens is 250 g/mol. The number of rotatable bonds is 4. The molecule has 19 heavy (non-hydrogen) atoms. The average molecular weight is 268 g/mol. The highest BCUT2D eigenvalue weighted by molar-refractivity contribution is 5.76. The average Bonchev–Trinajstić information content (AvgIpc) is 2.34. The molecule has 0 aliphatic carbocycles. The summed E-state index contributed by atoms with van der Waals surface area (Å²) in [5.41, 5.74) is 0.211. The van der Waals surface area contributed by atoms with Crippen LogP contribution in [0.1, 0.15) is 24.9 Å². The number of nitrogens with zero attached hydrogens (tertiary/aromatic N) is 1. The van der Waals surface area contributed by atoms with Crippen molar-refractivity contribution in [2.75, 3.05) is 20.1 Å². The SMILES string of the molecule is CC(c1cc(F)ccc1F)N(C)C(=O)CC1CNC1. The molecule has 3 nitrogen and oxygen atoms in total. The minimum absolute atomic E-state index is 0.0392. The molecule has 1 aliphatic rings. The molecule has 1 N–H and O–H groups in total. The summed E-state index contributed by atoms with van der Waals surface area (Å²) in [5.74, 6) is -0.659. The fraction of sp³-hybridized carbons (Fsp3) is 0.500. The molecule has 0 spiro atoms. The van der Waals surface area contributed by atoms with Crippen LogP contribution >= 0.6 is 0 Å². The fourth-order valence-corrected chi connectivity index (χ4v) is 2.14. The zero-order chi connectivity index (χ0) is 14.0. The van der Waals surface area contributed by atoms with Crippen molar-refractivity contribution < 1.29 is 13.6 Å². The van der Waals surface area contributed by atoms with Gasteiger partial charge < -0.3 is 10.2 Å². The Labute approximate surface area is 111 Å². The summed E-state index contributed by atoms with van der Waals surface area (Å²) in [6.07, 6.45) is 0.449. The number of halogens is 2. The van der Waals surface area contributed by atoms with E-state index in [1.165, 1.54) is 4.90 Å². The van der Waals surface area contributed by atoms with Crippen molar-refractivity contribution >= 4 is 5.91 Å². The Morgan fingerprint density at radius 2 is 2.16 bits per heavy atom. The van der Waals surface area contributed by atoms with Crippen molar-refractivity contribution in [2.45, 2.75) is 19.4 Å². The number of carbonyl (C=O) groups is 1. The van der Waals surface area contributed by atoms with Crippen LogP contribution in [0.15, 0.2) is 18.2 Å². The Balaban J connectivity index is 2.06. The van der Waals surface area contributed by atoms with Crippen LogP contribution in [-0.4, -0.2) is 30.9 Å². The van der Waals surface area contributed by atoms with E-state index in [2.05, 4.69) is 5.32 Å². The van der Waals surface area contributed by atoms with Gasteiger partial charge in [0.25, 0.3) is 0 Å². The van der Waals surface area contributed by atoms with Gasteiger partial charge in [-0.15, -0.1) is 0 Å². The minimum Gasteiger partial charge on any atom is -0.339 e. The smallest absolute Gasteiger partial charge is 0.223 e. The maximum atomic E-state index is 13.7. The maximum Gasteiger partial charge on any atom is 0.223 e. The van der Waals surface area contributed by atoms with Crippen molar-refractivity contribution in [2.24, 2.45) is 5.92 Å². The third-order valence-corrected chi connectivity index (χ3v) is 3.71. The van der Waals surface area contributed by atoms with E-state index in [0.717, 1.165) is 31.3 Å². The first-order chi connectivity index (χ1) is 8.99. The highest BCUT2D eigenvalue weighted by Gasteiger charge is 2.25. The Bertz CT molecular complexity index is 475. The molecule has 0 saturated carbocycles. The summed E-state index contributed by atoms with van der Waals surface area (Å²) in [5, 5.41) is 3.10. The monoisotopic (exact) mass is 268 g/mol. The van der Waals surface area contributed by atoms with Crippen molar-refractivity contribution in [3.05, 3.63) is 35.4 Å². The quantitative estimate of drug-likeness (QED) is 0.907. The molecule has 1 amide bonds. The Kier molecular flexibility index (Phi) is 4.14. The van der Waals surface area contributed by atoms with E-state index in [0.29, 0.717) is 12.3 Å². The topological polar surface area (TPSA) is 32.3 Å². The van der Waals surface area contributed by atoms with E-state index < -0.39 is 17.7 Å². The van der Waals surface area contributed by atoms with Crippen molar-refractivity contribution in [3.8, 4) is 0 Å². The lowest BCUT2D eigenvalue weighted by Crippen LogP contribution is -2.45. The molecule has 1 saturated heterocycles. The summed E-state index contributed by atoms with van der Waals surface area (Å²) < 4.78 is 26.8. The molecule has 0 aromatic heterocycles. The van der Waals surface area contributed by atoms with E-state index in [1.54, 1.807) is 14.0 Å². The minimum atomic E-state index is -0.493. The molecule has 1 aliphatic heterocycles. The number of hydrogen-bond donors (Lipinski definition) is 1. The van der Waals surface area contributed by atoms with Crippen molar-refractivity contribution in [1.82, 2.24) is 10.2 Å². The van der Waals surface area contributed by atoms with Gasteiger partial charge in [0.1, 0.15) is 11.6 Å².